The van der Waals surface area contributed by atoms with Crippen LogP contribution in [-0.4, -0.2) is 17.8 Å². The Morgan fingerprint density at radius 3 is 2.38 bits per heavy atom. The predicted octanol–water partition coefficient (Wildman–Crippen LogP) is 5.13. The van der Waals surface area contributed by atoms with Crippen molar-refractivity contribution in [3.8, 4) is 5.75 Å². The lowest BCUT2D eigenvalue weighted by Crippen LogP contribution is -2.19. The summed E-state index contributed by atoms with van der Waals surface area (Å²) in [5.41, 5.74) is 1.29. The molecule has 0 bridgehead atoms. The van der Waals surface area contributed by atoms with Crippen molar-refractivity contribution in [3.05, 3.63) is 35.0 Å². The summed E-state index contributed by atoms with van der Waals surface area (Å²) in [5.74, 6) is 0.118. The maximum Gasteiger partial charge on any atom is 0.422 e. The molecular weight excluding hydrogens is 303 g/mol. The van der Waals surface area contributed by atoms with Crippen molar-refractivity contribution in [1.82, 2.24) is 4.98 Å². The van der Waals surface area contributed by atoms with E-state index in [9.17, 15) is 13.2 Å². The first kappa shape index (κ1) is 15.9. The van der Waals surface area contributed by atoms with Gasteiger partial charge in [-0.2, -0.15) is 13.2 Å². The summed E-state index contributed by atoms with van der Waals surface area (Å²) in [6, 6.07) is 6.28. The van der Waals surface area contributed by atoms with Crippen molar-refractivity contribution in [2.75, 3.05) is 6.61 Å². The van der Waals surface area contributed by atoms with Crippen molar-refractivity contribution in [1.29, 1.82) is 0 Å². The molecule has 1 aromatic heterocycles. The predicted molar refractivity (Wildman–Crippen MR) is 77.0 cm³/mol. The first-order chi connectivity index (χ1) is 9.56. The van der Waals surface area contributed by atoms with Gasteiger partial charge < -0.3 is 4.74 Å². The van der Waals surface area contributed by atoms with Crippen molar-refractivity contribution in [3.63, 3.8) is 0 Å². The number of hydrogen-bond acceptors (Lipinski definition) is 2. The number of halogens is 4. The number of hydrogen-bond donors (Lipinski definition) is 0. The van der Waals surface area contributed by atoms with Crippen LogP contribution in [-0.2, 0) is 5.41 Å². The lowest BCUT2D eigenvalue weighted by molar-refractivity contribution is -0.153. The fourth-order valence-electron chi connectivity index (χ4n) is 1.80. The van der Waals surface area contributed by atoms with Crippen molar-refractivity contribution >= 4 is 22.5 Å². The number of benzene rings is 1. The molecule has 2 nitrogen and oxygen atoms in total. The summed E-state index contributed by atoms with van der Waals surface area (Å²) in [5, 5.41) is 1.02. The Kier molecular flexibility index (Phi) is 4.06. The second-order valence-electron chi connectivity index (χ2n) is 5.82. The Balaban J connectivity index is 2.38. The van der Waals surface area contributed by atoms with Gasteiger partial charge in [0.05, 0.1) is 10.5 Å². The smallest absolute Gasteiger partial charge is 0.422 e. The molecule has 2 rings (SSSR count). The van der Waals surface area contributed by atoms with Gasteiger partial charge in [-0.15, -0.1) is 0 Å². The van der Waals surface area contributed by atoms with Gasteiger partial charge >= 0.3 is 6.18 Å². The fraction of sp³-hybridized carbons (Fsp3) is 0.400. The van der Waals surface area contributed by atoms with E-state index in [0.717, 1.165) is 5.69 Å². The molecule has 0 aliphatic rings. The zero-order valence-electron chi connectivity index (χ0n) is 11.9. The number of aromatic nitrogens is 1. The van der Waals surface area contributed by atoms with Gasteiger partial charge in [-0.05, 0) is 24.3 Å². The summed E-state index contributed by atoms with van der Waals surface area (Å²) in [6.07, 6.45) is -4.37. The Hall–Kier alpha value is -1.49. The summed E-state index contributed by atoms with van der Waals surface area (Å²) in [4.78, 5) is 4.50. The normalized spacial score (nSPS) is 12.7. The zero-order valence-corrected chi connectivity index (χ0v) is 12.6. The van der Waals surface area contributed by atoms with Crippen LogP contribution in [0, 0.1) is 0 Å². The molecule has 0 saturated carbocycles. The van der Waals surface area contributed by atoms with Gasteiger partial charge in [0.25, 0.3) is 0 Å². The van der Waals surface area contributed by atoms with Crippen molar-refractivity contribution < 1.29 is 17.9 Å². The maximum absolute atomic E-state index is 12.2. The average Bonchev–Trinajstić information content (AvgIpc) is 2.34. The van der Waals surface area contributed by atoms with Crippen LogP contribution in [0.4, 0.5) is 13.2 Å². The highest BCUT2D eigenvalue weighted by atomic mass is 35.5. The number of fused-ring (bicyclic) bond motifs is 1. The molecule has 1 aromatic carbocycles. The Bertz CT molecular complexity index is 662. The molecule has 2 aromatic rings. The molecule has 0 radical (unpaired) electrons. The van der Waals surface area contributed by atoms with Gasteiger partial charge in [-0.25, -0.2) is 0 Å². The SMILES string of the molecule is CC(C)(C)c1cc(Cl)c2cc(OCC(F)(F)F)ccc2n1. The molecule has 0 aliphatic heterocycles. The Morgan fingerprint density at radius 2 is 1.81 bits per heavy atom. The number of nitrogens with zero attached hydrogens (tertiary/aromatic N) is 1. The highest BCUT2D eigenvalue weighted by molar-refractivity contribution is 6.35. The standard InChI is InChI=1S/C15H15ClF3NO/c1-14(2,3)13-7-11(16)10-6-9(4-5-12(10)20-13)21-8-15(17,18)19/h4-7H,8H2,1-3H3. The van der Waals surface area contributed by atoms with E-state index in [2.05, 4.69) is 4.98 Å². The minimum absolute atomic E-state index is 0.118. The first-order valence-electron chi connectivity index (χ1n) is 6.36. The summed E-state index contributed by atoms with van der Waals surface area (Å²) >= 11 is 6.21. The van der Waals surface area contributed by atoms with E-state index in [1.54, 1.807) is 12.1 Å². The van der Waals surface area contributed by atoms with E-state index in [1.807, 2.05) is 20.8 Å². The Labute approximate surface area is 125 Å². The van der Waals surface area contributed by atoms with Crippen molar-refractivity contribution in [2.24, 2.45) is 0 Å². The first-order valence-corrected chi connectivity index (χ1v) is 6.74. The van der Waals surface area contributed by atoms with E-state index in [-0.39, 0.29) is 11.2 Å². The zero-order chi connectivity index (χ0) is 15.8. The van der Waals surface area contributed by atoms with Crippen LogP contribution in [0.15, 0.2) is 24.3 Å². The molecule has 0 N–H and O–H groups in total. The lowest BCUT2D eigenvalue weighted by atomic mass is 9.91. The Morgan fingerprint density at radius 1 is 1.14 bits per heavy atom. The van der Waals surface area contributed by atoms with Crippen LogP contribution < -0.4 is 4.74 Å². The lowest BCUT2D eigenvalue weighted by Gasteiger charge is -2.19. The van der Waals surface area contributed by atoms with Crippen LogP contribution >= 0.6 is 11.6 Å². The number of pyridine rings is 1. The summed E-state index contributed by atoms with van der Waals surface area (Å²) in [6.45, 7) is 4.71. The van der Waals surface area contributed by atoms with E-state index in [1.165, 1.54) is 12.1 Å². The van der Waals surface area contributed by atoms with E-state index in [0.29, 0.717) is 15.9 Å². The highest BCUT2D eigenvalue weighted by Crippen LogP contribution is 2.31. The molecule has 1 heterocycles. The van der Waals surface area contributed by atoms with Crippen LogP contribution in [0.25, 0.3) is 10.9 Å². The van der Waals surface area contributed by atoms with Gasteiger partial charge in [-0.3, -0.25) is 4.98 Å². The molecule has 114 valence electrons. The molecule has 6 heteroatoms. The number of rotatable bonds is 2. The van der Waals surface area contributed by atoms with Crippen LogP contribution in [0.3, 0.4) is 0 Å². The van der Waals surface area contributed by atoms with Crippen LogP contribution in [0.5, 0.6) is 5.75 Å². The minimum Gasteiger partial charge on any atom is -0.484 e. The third-order valence-corrected chi connectivity index (χ3v) is 3.21. The van der Waals surface area contributed by atoms with Crippen LogP contribution in [0.2, 0.25) is 5.02 Å². The molecule has 0 saturated heterocycles. The van der Waals surface area contributed by atoms with Gasteiger partial charge in [-0.1, -0.05) is 32.4 Å². The fourth-order valence-corrected chi connectivity index (χ4v) is 2.06. The molecule has 0 fully saturated rings. The van der Waals surface area contributed by atoms with Gasteiger partial charge in [0.15, 0.2) is 6.61 Å². The molecule has 0 atom stereocenters. The molecular formula is C15H15ClF3NO. The molecule has 0 aliphatic carbocycles. The van der Waals surface area contributed by atoms with E-state index < -0.39 is 12.8 Å². The minimum atomic E-state index is -4.37. The maximum atomic E-state index is 12.2. The topological polar surface area (TPSA) is 22.1 Å². The summed E-state index contributed by atoms with van der Waals surface area (Å²) in [7, 11) is 0. The molecule has 0 spiro atoms. The van der Waals surface area contributed by atoms with E-state index >= 15 is 0 Å². The van der Waals surface area contributed by atoms with E-state index in [4.69, 9.17) is 16.3 Å². The molecule has 0 unspecified atom stereocenters. The van der Waals surface area contributed by atoms with Crippen LogP contribution in [0.1, 0.15) is 26.5 Å². The third-order valence-electron chi connectivity index (χ3n) is 2.90. The monoisotopic (exact) mass is 317 g/mol. The second kappa shape index (κ2) is 5.37. The molecule has 21 heavy (non-hydrogen) atoms. The van der Waals surface area contributed by atoms with Crippen molar-refractivity contribution in [2.45, 2.75) is 32.4 Å². The number of alkyl halides is 3. The summed E-state index contributed by atoms with van der Waals surface area (Å²) < 4.78 is 41.2. The highest BCUT2D eigenvalue weighted by Gasteiger charge is 2.28. The van der Waals surface area contributed by atoms with Gasteiger partial charge in [0, 0.05) is 16.5 Å². The third kappa shape index (κ3) is 4.00. The quantitative estimate of drug-likeness (QED) is 0.766. The van der Waals surface area contributed by atoms with Gasteiger partial charge in [0.2, 0.25) is 0 Å². The average molecular weight is 318 g/mol. The molecule has 0 amide bonds. The largest absolute Gasteiger partial charge is 0.484 e. The second-order valence-corrected chi connectivity index (χ2v) is 6.23. The number of ether oxygens (including phenoxy) is 1. The van der Waals surface area contributed by atoms with Gasteiger partial charge in [0.1, 0.15) is 5.75 Å².